The van der Waals surface area contributed by atoms with Crippen LogP contribution < -0.4 is 0 Å². The smallest absolute Gasteiger partial charge is 0.134 e. The second kappa shape index (κ2) is 8.15. The van der Waals surface area contributed by atoms with Gasteiger partial charge in [-0.15, -0.1) is 0 Å². The third kappa shape index (κ3) is 3.54. The molecule has 0 N–H and O–H groups in total. The molecule has 0 fully saturated rings. The van der Waals surface area contributed by atoms with Gasteiger partial charge in [0.1, 0.15) is 11.7 Å². The Bertz CT molecular complexity index is 1330. The lowest BCUT2D eigenvalue weighted by molar-refractivity contribution is 0.252. The molecule has 5 rings (SSSR count). The van der Waals surface area contributed by atoms with Crippen molar-refractivity contribution in [1.29, 1.82) is 0 Å². The number of benzene rings is 2. The highest BCUT2D eigenvalue weighted by atomic mass is 16.3. The van der Waals surface area contributed by atoms with Crippen molar-refractivity contribution in [3.8, 4) is 11.1 Å². The molecule has 2 aromatic carbocycles. The van der Waals surface area contributed by atoms with Crippen LogP contribution in [0.3, 0.4) is 0 Å². The molecule has 32 heavy (non-hydrogen) atoms. The van der Waals surface area contributed by atoms with E-state index in [-0.39, 0.29) is 12.2 Å². The van der Waals surface area contributed by atoms with Crippen LogP contribution in [0.4, 0.5) is 0 Å². The molecule has 2 aromatic heterocycles. The van der Waals surface area contributed by atoms with Gasteiger partial charge in [0.15, 0.2) is 0 Å². The Balaban J connectivity index is 1.53. The molecule has 5 heteroatoms. The van der Waals surface area contributed by atoms with Crippen LogP contribution in [0.25, 0.3) is 27.8 Å². The lowest BCUT2D eigenvalue weighted by atomic mass is 9.98. The van der Waals surface area contributed by atoms with Crippen molar-refractivity contribution in [1.82, 2.24) is 14.7 Å². The second-order valence-corrected chi connectivity index (χ2v) is 8.42. The van der Waals surface area contributed by atoms with Crippen LogP contribution in [-0.4, -0.2) is 27.1 Å². The summed E-state index contributed by atoms with van der Waals surface area (Å²) < 4.78 is 7.58. The molecule has 2 unspecified atom stereocenters. The normalized spacial score (nSPS) is 17.1. The molecule has 5 nitrogen and oxygen atoms in total. The summed E-state index contributed by atoms with van der Waals surface area (Å²) in [5.74, 6) is 0. The summed E-state index contributed by atoms with van der Waals surface area (Å²) >= 11 is 0. The molecule has 0 saturated heterocycles. The lowest BCUT2D eigenvalue weighted by Crippen LogP contribution is -2.34. The Morgan fingerprint density at radius 1 is 1.09 bits per heavy atom. The SMILES string of the molecule is CCc1coc2ccc(C3=CC=NC(C)N3C(C)c3cccc(-c4cnn(C)c4)c3)cc12. The topological polar surface area (TPSA) is 46.6 Å². The van der Waals surface area contributed by atoms with E-state index in [1.807, 2.05) is 36.6 Å². The van der Waals surface area contributed by atoms with E-state index in [1.54, 1.807) is 0 Å². The fourth-order valence-corrected chi connectivity index (χ4v) is 4.60. The monoisotopic (exact) mass is 424 g/mol. The van der Waals surface area contributed by atoms with Gasteiger partial charge in [0.25, 0.3) is 0 Å². The van der Waals surface area contributed by atoms with Crippen molar-refractivity contribution in [2.24, 2.45) is 12.0 Å². The van der Waals surface area contributed by atoms with E-state index in [2.05, 4.69) is 79.3 Å². The van der Waals surface area contributed by atoms with Crippen LogP contribution >= 0.6 is 0 Å². The highest BCUT2D eigenvalue weighted by Gasteiger charge is 2.26. The molecule has 3 heterocycles. The van der Waals surface area contributed by atoms with Crippen molar-refractivity contribution in [2.45, 2.75) is 39.4 Å². The Morgan fingerprint density at radius 3 is 2.75 bits per heavy atom. The summed E-state index contributed by atoms with van der Waals surface area (Å²) in [7, 11) is 1.95. The fraction of sp³-hybridized carbons (Fsp3) is 0.259. The number of allylic oxidation sites excluding steroid dienone is 1. The first-order valence-electron chi connectivity index (χ1n) is 11.2. The van der Waals surface area contributed by atoms with E-state index in [0.717, 1.165) is 17.6 Å². The highest BCUT2D eigenvalue weighted by Crippen LogP contribution is 2.36. The van der Waals surface area contributed by atoms with Gasteiger partial charge in [-0.2, -0.15) is 5.10 Å². The van der Waals surface area contributed by atoms with Gasteiger partial charge in [0.05, 0.1) is 18.5 Å². The van der Waals surface area contributed by atoms with Crippen LogP contribution in [0.2, 0.25) is 0 Å². The van der Waals surface area contributed by atoms with Gasteiger partial charge in [-0.05, 0) is 72.9 Å². The number of aromatic nitrogens is 2. The first-order chi connectivity index (χ1) is 15.5. The molecule has 1 aliphatic rings. The Hall–Kier alpha value is -3.60. The number of nitrogens with zero attached hydrogens (tertiary/aromatic N) is 4. The van der Waals surface area contributed by atoms with E-state index in [9.17, 15) is 0 Å². The second-order valence-electron chi connectivity index (χ2n) is 8.42. The van der Waals surface area contributed by atoms with E-state index < -0.39 is 0 Å². The molecule has 0 amide bonds. The number of aryl methyl sites for hydroxylation is 2. The van der Waals surface area contributed by atoms with Crippen molar-refractivity contribution in [3.05, 3.63) is 83.9 Å². The quantitative estimate of drug-likeness (QED) is 0.381. The number of fused-ring (bicyclic) bond motifs is 1. The Kier molecular flexibility index (Phi) is 5.17. The molecular formula is C27H28N4O. The molecule has 0 spiro atoms. The molecule has 4 aromatic rings. The van der Waals surface area contributed by atoms with Crippen LogP contribution in [0.5, 0.6) is 0 Å². The lowest BCUT2D eigenvalue weighted by Gasteiger charge is -2.38. The molecule has 0 aliphatic carbocycles. The van der Waals surface area contributed by atoms with Crippen molar-refractivity contribution in [3.63, 3.8) is 0 Å². The summed E-state index contributed by atoms with van der Waals surface area (Å²) in [6.45, 7) is 6.56. The molecule has 0 radical (unpaired) electrons. The zero-order valence-electron chi connectivity index (χ0n) is 19.0. The van der Waals surface area contributed by atoms with Gasteiger partial charge in [0, 0.05) is 36.1 Å². The van der Waals surface area contributed by atoms with Crippen LogP contribution in [-0.2, 0) is 13.5 Å². The van der Waals surface area contributed by atoms with E-state index in [4.69, 9.17) is 9.41 Å². The zero-order valence-corrected chi connectivity index (χ0v) is 19.0. The zero-order chi connectivity index (χ0) is 22.2. The van der Waals surface area contributed by atoms with Gasteiger partial charge in [0.2, 0.25) is 0 Å². The summed E-state index contributed by atoms with van der Waals surface area (Å²) in [6.07, 6.45) is 10.9. The third-order valence-electron chi connectivity index (χ3n) is 6.37. The average Bonchev–Trinajstić information content (AvgIpc) is 3.44. The van der Waals surface area contributed by atoms with Crippen LogP contribution in [0.15, 0.2) is 76.6 Å². The average molecular weight is 425 g/mol. The van der Waals surface area contributed by atoms with Crippen molar-refractivity contribution in [2.75, 3.05) is 0 Å². The van der Waals surface area contributed by atoms with Gasteiger partial charge >= 0.3 is 0 Å². The van der Waals surface area contributed by atoms with Crippen LogP contribution in [0.1, 0.15) is 43.5 Å². The summed E-state index contributed by atoms with van der Waals surface area (Å²) in [4.78, 5) is 7.09. The standard InChI is InChI=1S/C27H28N4O/c1-5-20-17-32-27-10-9-23(14-25(20)27)26-11-12-28-19(3)31(26)18(2)21-7-6-8-22(13-21)24-15-29-30(4)16-24/h6-19H,5H2,1-4H3. The molecule has 0 bridgehead atoms. The Labute approximate surface area is 188 Å². The molecule has 0 saturated carbocycles. The summed E-state index contributed by atoms with van der Waals surface area (Å²) in [5.41, 5.74) is 8.09. The van der Waals surface area contributed by atoms with E-state index in [0.29, 0.717) is 0 Å². The first-order valence-corrected chi connectivity index (χ1v) is 11.2. The Morgan fingerprint density at radius 2 is 1.97 bits per heavy atom. The molecule has 2 atom stereocenters. The van der Waals surface area contributed by atoms with Gasteiger partial charge < -0.3 is 9.32 Å². The minimum Gasteiger partial charge on any atom is -0.464 e. The number of aliphatic imine (C=N–C) groups is 1. The number of rotatable bonds is 5. The highest BCUT2D eigenvalue weighted by molar-refractivity contribution is 5.90. The van der Waals surface area contributed by atoms with Crippen molar-refractivity contribution >= 4 is 22.9 Å². The predicted molar refractivity (Wildman–Crippen MR) is 130 cm³/mol. The minimum atomic E-state index is 0.0396. The fourth-order valence-electron chi connectivity index (χ4n) is 4.60. The number of hydrogen-bond acceptors (Lipinski definition) is 4. The maximum absolute atomic E-state index is 5.74. The maximum atomic E-state index is 5.74. The maximum Gasteiger partial charge on any atom is 0.134 e. The largest absolute Gasteiger partial charge is 0.464 e. The van der Waals surface area contributed by atoms with E-state index >= 15 is 0 Å². The van der Waals surface area contributed by atoms with Gasteiger partial charge in [-0.25, -0.2) is 0 Å². The summed E-state index contributed by atoms with van der Waals surface area (Å²) in [5, 5.41) is 5.51. The third-order valence-corrected chi connectivity index (χ3v) is 6.37. The van der Waals surface area contributed by atoms with E-state index in [1.165, 1.54) is 33.3 Å². The summed E-state index contributed by atoms with van der Waals surface area (Å²) in [6, 6.07) is 15.3. The van der Waals surface area contributed by atoms with Crippen molar-refractivity contribution < 1.29 is 4.42 Å². The minimum absolute atomic E-state index is 0.0396. The first kappa shape index (κ1) is 20.3. The molecule has 162 valence electrons. The van der Waals surface area contributed by atoms with Crippen LogP contribution in [0, 0.1) is 0 Å². The van der Waals surface area contributed by atoms with Gasteiger partial charge in [-0.3, -0.25) is 9.67 Å². The molecular weight excluding hydrogens is 396 g/mol. The predicted octanol–water partition coefficient (Wildman–Crippen LogP) is 6.23. The molecule has 1 aliphatic heterocycles. The number of furan rings is 1. The number of hydrogen-bond donors (Lipinski definition) is 0. The van der Waals surface area contributed by atoms with Gasteiger partial charge in [-0.1, -0.05) is 25.1 Å².